The monoisotopic (exact) mass is 424 g/mol. The summed E-state index contributed by atoms with van der Waals surface area (Å²) >= 11 is 0. The fourth-order valence-corrected chi connectivity index (χ4v) is 5.37. The molecular formula is C22H24N4O3S. The van der Waals surface area contributed by atoms with Gasteiger partial charge in [-0.25, -0.2) is 13.4 Å². The van der Waals surface area contributed by atoms with Crippen LogP contribution in [0.1, 0.15) is 22.3 Å². The first kappa shape index (κ1) is 20.0. The minimum absolute atomic E-state index is 0.332. The van der Waals surface area contributed by atoms with Crippen molar-refractivity contribution in [1.82, 2.24) is 0 Å². The molecule has 0 amide bonds. The minimum Gasteiger partial charge on any atom is -0.446 e. The van der Waals surface area contributed by atoms with Crippen molar-refractivity contribution in [2.24, 2.45) is 10.7 Å². The molecule has 0 atom stereocenters. The Labute approximate surface area is 175 Å². The highest BCUT2D eigenvalue weighted by molar-refractivity contribution is 7.92. The van der Waals surface area contributed by atoms with E-state index in [2.05, 4.69) is 9.71 Å². The van der Waals surface area contributed by atoms with E-state index < -0.39 is 10.0 Å². The number of nitrogens with two attached hydrogens (primary N) is 1. The molecule has 0 saturated heterocycles. The third kappa shape index (κ3) is 3.33. The molecule has 3 aromatic rings. The summed E-state index contributed by atoms with van der Waals surface area (Å²) in [7, 11) is -3.73. The average molecular weight is 425 g/mol. The first-order valence-electron chi connectivity index (χ1n) is 9.54. The van der Waals surface area contributed by atoms with Gasteiger partial charge in [0.05, 0.1) is 16.4 Å². The molecule has 1 aliphatic rings. The number of anilines is 2. The highest BCUT2D eigenvalue weighted by Crippen LogP contribution is 2.28. The molecule has 8 heteroatoms. The summed E-state index contributed by atoms with van der Waals surface area (Å²) < 4.78 is 34.2. The molecule has 0 spiro atoms. The maximum absolute atomic E-state index is 13.1. The van der Waals surface area contributed by atoms with Crippen LogP contribution in [0.2, 0.25) is 0 Å². The third-order valence-corrected chi connectivity index (χ3v) is 7.22. The van der Waals surface area contributed by atoms with Crippen LogP contribution in [0.15, 0.2) is 57.0 Å². The van der Waals surface area contributed by atoms with Gasteiger partial charge in [0.15, 0.2) is 0 Å². The lowest BCUT2D eigenvalue weighted by Gasteiger charge is -2.24. The molecule has 7 nitrogen and oxygen atoms in total. The first-order chi connectivity index (χ1) is 14.2. The Morgan fingerprint density at radius 3 is 2.30 bits per heavy atom. The third-order valence-electron chi connectivity index (χ3n) is 5.56. The fourth-order valence-electron chi connectivity index (χ4n) is 3.70. The van der Waals surface area contributed by atoms with E-state index in [-0.39, 0.29) is 0 Å². The molecule has 0 bridgehead atoms. The number of furan rings is 1. The summed E-state index contributed by atoms with van der Waals surface area (Å²) in [6.07, 6.45) is 1.55. The van der Waals surface area contributed by atoms with Gasteiger partial charge in [-0.05, 0) is 80.3 Å². The van der Waals surface area contributed by atoms with Crippen LogP contribution in [0.3, 0.4) is 0 Å². The lowest BCUT2D eigenvalue weighted by Crippen LogP contribution is -2.42. The molecule has 0 aliphatic carbocycles. The van der Waals surface area contributed by atoms with Crippen LogP contribution in [-0.2, 0) is 10.0 Å². The van der Waals surface area contributed by atoms with Gasteiger partial charge in [-0.3, -0.25) is 4.72 Å². The van der Waals surface area contributed by atoms with Crippen LogP contribution in [0.25, 0.3) is 5.82 Å². The zero-order valence-corrected chi connectivity index (χ0v) is 18.2. The van der Waals surface area contributed by atoms with Crippen molar-refractivity contribution in [1.29, 1.82) is 0 Å². The van der Waals surface area contributed by atoms with Gasteiger partial charge in [-0.2, -0.15) is 0 Å². The Kier molecular flexibility index (Phi) is 4.82. The van der Waals surface area contributed by atoms with E-state index in [1.54, 1.807) is 24.5 Å². The molecule has 0 unspecified atom stereocenters. The molecule has 3 N–H and O–H groups in total. The molecule has 30 heavy (non-hydrogen) atoms. The van der Waals surface area contributed by atoms with Gasteiger partial charge in [0.25, 0.3) is 10.0 Å². The second kappa shape index (κ2) is 7.21. The van der Waals surface area contributed by atoms with E-state index in [9.17, 15) is 8.42 Å². The highest BCUT2D eigenvalue weighted by atomic mass is 32.2. The molecule has 1 aliphatic heterocycles. The highest BCUT2D eigenvalue weighted by Gasteiger charge is 2.22. The van der Waals surface area contributed by atoms with Crippen molar-refractivity contribution in [3.8, 4) is 0 Å². The standard InChI is InChI=1S/C22H24N4O3S/c1-13-11-14(2)16(4)20(15(13)3)30(27,28)25-17-5-7-18(8-6-17)26-12-24-22-19(21(26)23)9-10-29-22/h5-11,25H,12,23H2,1-4H3. The molecule has 156 valence electrons. The average Bonchev–Trinajstić information content (AvgIpc) is 3.17. The quantitative estimate of drug-likeness (QED) is 0.670. The van der Waals surface area contributed by atoms with E-state index in [0.29, 0.717) is 28.6 Å². The van der Waals surface area contributed by atoms with Crippen molar-refractivity contribution in [3.05, 3.63) is 75.7 Å². The lowest BCUT2D eigenvalue weighted by molar-refractivity contribution is 0.500. The zero-order chi connectivity index (χ0) is 21.6. The number of hydrogen-bond acceptors (Lipinski definition) is 6. The van der Waals surface area contributed by atoms with Crippen molar-refractivity contribution in [2.45, 2.75) is 32.6 Å². The number of nitrogens with one attached hydrogen (secondary N) is 1. The van der Waals surface area contributed by atoms with Gasteiger partial charge in [-0.1, -0.05) is 6.07 Å². The Hall–Kier alpha value is -3.26. The van der Waals surface area contributed by atoms with Crippen molar-refractivity contribution in [3.63, 3.8) is 0 Å². The molecule has 0 saturated carbocycles. The Balaban J connectivity index is 1.64. The van der Waals surface area contributed by atoms with Gasteiger partial charge in [-0.15, -0.1) is 0 Å². The predicted octanol–water partition coefficient (Wildman–Crippen LogP) is 2.44. The van der Waals surface area contributed by atoms with Crippen LogP contribution >= 0.6 is 0 Å². The van der Waals surface area contributed by atoms with Crippen LogP contribution in [0.4, 0.5) is 11.4 Å². The van der Waals surface area contributed by atoms with E-state index in [0.717, 1.165) is 33.2 Å². The Morgan fingerprint density at radius 2 is 1.67 bits per heavy atom. The number of sulfonamides is 1. The maximum Gasteiger partial charge on any atom is 0.262 e. The second-order valence-electron chi connectivity index (χ2n) is 7.49. The smallest absolute Gasteiger partial charge is 0.262 e. The topological polar surface area (TPSA) is 101 Å². The molecular weight excluding hydrogens is 400 g/mol. The van der Waals surface area contributed by atoms with Crippen LogP contribution in [-0.4, -0.2) is 15.1 Å². The van der Waals surface area contributed by atoms with E-state index >= 15 is 0 Å². The Bertz CT molecular complexity index is 1330. The molecule has 0 fully saturated rings. The fraction of sp³-hybridized carbons (Fsp3) is 0.227. The normalized spacial score (nSPS) is 13.7. The van der Waals surface area contributed by atoms with Crippen molar-refractivity contribution >= 4 is 27.2 Å². The number of aryl methyl sites for hydroxylation is 2. The summed E-state index contributed by atoms with van der Waals surface area (Å²) in [5.41, 5.74) is 11.5. The van der Waals surface area contributed by atoms with Crippen LogP contribution in [0, 0.1) is 27.7 Å². The van der Waals surface area contributed by atoms with Crippen molar-refractivity contribution in [2.75, 3.05) is 16.3 Å². The minimum atomic E-state index is -3.73. The summed E-state index contributed by atoms with van der Waals surface area (Å²) in [5.74, 6) is 0.545. The van der Waals surface area contributed by atoms with Gasteiger partial charge in [0.1, 0.15) is 12.5 Å². The number of fused-ring (bicyclic) bond motifs is 1. The molecule has 1 aromatic heterocycles. The molecule has 2 aromatic carbocycles. The van der Waals surface area contributed by atoms with Gasteiger partial charge in [0.2, 0.25) is 5.55 Å². The maximum atomic E-state index is 13.1. The van der Waals surface area contributed by atoms with Crippen LogP contribution in [0.5, 0.6) is 0 Å². The van der Waals surface area contributed by atoms with Gasteiger partial charge < -0.3 is 15.1 Å². The van der Waals surface area contributed by atoms with Gasteiger partial charge in [0, 0.05) is 11.4 Å². The second-order valence-corrected chi connectivity index (χ2v) is 9.11. The van der Waals surface area contributed by atoms with E-state index in [1.165, 1.54) is 0 Å². The summed E-state index contributed by atoms with van der Waals surface area (Å²) in [4.78, 5) is 6.54. The first-order valence-corrected chi connectivity index (χ1v) is 11.0. The molecule has 0 radical (unpaired) electrons. The number of hydrogen-bond donors (Lipinski definition) is 2. The SMILES string of the molecule is Cc1cc(C)c(C)c(S(=O)(=O)Nc2ccc(N3CN=c4occc4=C3N)cc2)c1C. The van der Waals surface area contributed by atoms with E-state index in [1.807, 2.05) is 50.8 Å². The molecule has 2 heterocycles. The largest absolute Gasteiger partial charge is 0.446 e. The van der Waals surface area contributed by atoms with E-state index in [4.69, 9.17) is 10.2 Å². The summed E-state index contributed by atoms with van der Waals surface area (Å²) in [6, 6.07) is 10.8. The number of benzene rings is 2. The molecule has 4 rings (SSSR count). The zero-order valence-electron chi connectivity index (χ0n) is 17.4. The lowest BCUT2D eigenvalue weighted by atomic mass is 10.0. The predicted molar refractivity (Wildman–Crippen MR) is 117 cm³/mol. The number of nitrogens with zero attached hydrogens (tertiary/aromatic N) is 2. The Morgan fingerprint density at radius 1 is 1.03 bits per heavy atom. The number of rotatable bonds is 4. The summed E-state index contributed by atoms with van der Waals surface area (Å²) in [5, 5.41) is 0.742. The van der Waals surface area contributed by atoms with Crippen molar-refractivity contribution < 1.29 is 12.8 Å². The summed E-state index contributed by atoms with van der Waals surface area (Å²) in [6.45, 7) is 7.85. The van der Waals surface area contributed by atoms with Crippen LogP contribution < -0.4 is 26.1 Å². The van der Waals surface area contributed by atoms with Gasteiger partial charge >= 0.3 is 0 Å².